The maximum atomic E-state index is 12.6. The van der Waals surface area contributed by atoms with E-state index in [0.29, 0.717) is 13.1 Å². The van der Waals surface area contributed by atoms with Crippen molar-refractivity contribution < 1.29 is 14.3 Å². The number of anilines is 3. The van der Waals surface area contributed by atoms with Crippen molar-refractivity contribution in [3.8, 4) is 11.1 Å². The predicted molar refractivity (Wildman–Crippen MR) is 154 cm³/mol. The fourth-order valence-corrected chi connectivity index (χ4v) is 5.68. The van der Waals surface area contributed by atoms with E-state index in [1.54, 1.807) is 11.8 Å². The first-order chi connectivity index (χ1) is 18.6. The minimum absolute atomic E-state index is 0.0624. The fourth-order valence-electron chi connectivity index (χ4n) is 5.68. The van der Waals surface area contributed by atoms with E-state index in [4.69, 9.17) is 9.84 Å². The van der Waals surface area contributed by atoms with Gasteiger partial charge in [0.1, 0.15) is 5.60 Å². The summed E-state index contributed by atoms with van der Waals surface area (Å²) in [6, 6.07) is 14.7. The van der Waals surface area contributed by atoms with Gasteiger partial charge in [0.25, 0.3) is 0 Å². The number of piperidine rings is 1. The molecule has 3 aromatic rings. The van der Waals surface area contributed by atoms with E-state index in [2.05, 4.69) is 42.7 Å². The highest BCUT2D eigenvalue weighted by molar-refractivity contribution is 5.97. The molecule has 0 radical (unpaired) electrons. The van der Waals surface area contributed by atoms with Gasteiger partial charge in [-0.1, -0.05) is 24.3 Å². The molecule has 2 aromatic carbocycles. The molecule has 8 nitrogen and oxygen atoms in total. The molecule has 1 fully saturated rings. The second-order valence-electron chi connectivity index (χ2n) is 11.7. The molecular weight excluding hydrogens is 490 g/mol. The van der Waals surface area contributed by atoms with Crippen molar-refractivity contribution in [1.29, 1.82) is 0 Å². The van der Waals surface area contributed by atoms with Crippen LogP contribution in [0, 0.1) is 0 Å². The molecule has 0 unspecified atom stereocenters. The number of likely N-dealkylation sites (tertiary alicyclic amines) is 1. The fraction of sp³-hybridized carbons (Fsp3) is 0.452. The summed E-state index contributed by atoms with van der Waals surface area (Å²) in [4.78, 5) is 28.8. The first kappa shape index (κ1) is 26.8. The Balaban J connectivity index is 1.42. The van der Waals surface area contributed by atoms with Gasteiger partial charge >= 0.3 is 6.09 Å². The molecule has 0 aliphatic carbocycles. The van der Waals surface area contributed by atoms with E-state index in [0.717, 1.165) is 59.4 Å². The molecule has 206 valence electrons. The van der Waals surface area contributed by atoms with Crippen molar-refractivity contribution in [3.63, 3.8) is 0 Å². The lowest BCUT2D eigenvalue weighted by atomic mass is 9.91. The summed E-state index contributed by atoms with van der Waals surface area (Å²) in [5.41, 5.74) is 5.75. The monoisotopic (exact) mass is 529 g/mol. The van der Waals surface area contributed by atoms with Gasteiger partial charge in [0.15, 0.2) is 0 Å². The normalized spacial score (nSPS) is 18.0. The second kappa shape index (κ2) is 10.8. The molecule has 1 atom stereocenters. The van der Waals surface area contributed by atoms with Crippen LogP contribution in [-0.2, 0) is 16.0 Å². The Kier molecular flexibility index (Phi) is 7.38. The van der Waals surface area contributed by atoms with E-state index >= 15 is 0 Å². The van der Waals surface area contributed by atoms with Crippen LogP contribution in [0.2, 0.25) is 0 Å². The summed E-state index contributed by atoms with van der Waals surface area (Å²) in [5, 5.41) is 8.42. The number of amides is 2. The molecule has 0 saturated carbocycles. The summed E-state index contributed by atoms with van der Waals surface area (Å²) >= 11 is 0. The maximum absolute atomic E-state index is 12.6. The van der Waals surface area contributed by atoms with Gasteiger partial charge < -0.3 is 19.9 Å². The van der Waals surface area contributed by atoms with Crippen LogP contribution in [0.5, 0.6) is 0 Å². The zero-order valence-corrected chi connectivity index (χ0v) is 23.6. The molecule has 39 heavy (non-hydrogen) atoms. The molecule has 2 aliphatic rings. The number of aromatic nitrogens is 2. The van der Waals surface area contributed by atoms with Crippen molar-refractivity contribution in [2.75, 3.05) is 23.3 Å². The van der Waals surface area contributed by atoms with Crippen molar-refractivity contribution in [2.24, 2.45) is 0 Å². The van der Waals surface area contributed by atoms with Crippen LogP contribution in [0.3, 0.4) is 0 Å². The number of carbonyl (C=O) groups excluding carboxylic acids is 2. The molecule has 1 saturated heterocycles. The SMILES string of the molecule is CC(=O)N1c2ccc(-c3cnn(C4CCN(C(=O)OC(C)(C)C)CC4)c3)c(Nc3ccccc3)c2CC[C@@H]1C. The number of para-hydroxylation sites is 1. The Bertz CT molecular complexity index is 1340. The van der Waals surface area contributed by atoms with Crippen molar-refractivity contribution in [1.82, 2.24) is 14.7 Å². The van der Waals surface area contributed by atoms with Crippen LogP contribution in [0.15, 0.2) is 54.9 Å². The average Bonchev–Trinajstić information content (AvgIpc) is 3.38. The highest BCUT2D eigenvalue weighted by Crippen LogP contribution is 2.43. The largest absolute Gasteiger partial charge is 0.444 e. The summed E-state index contributed by atoms with van der Waals surface area (Å²) < 4.78 is 7.59. The number of nitrogens with one attached hydrogen (secondary N) is 1. The summed E-state index contributed by atoms with van der Waals surface area (Å²) in [7, 11) is 0. The standard InChI is InChI=1S/C31H39N5O3/c1-21-11-12-27-28(36(21)22(2)37)14-13-26(29(27)33-24-9-7-6-8-10-24)23-19-32-35(20-23)25-15-17-34(18-16-25)30(38)39-31(3,4)5/h6-10,13-14,19-21,25,33H,11-12,15-18H2,1-5H3/t21-/m0/s1. The van der Waals surface area contributed by atoms with E-state index in [1.165, 1.54) is 0 Å². The highest BCUT2D eigenvalue weighted by Gasteiger charge is 2.31. The topological polar surface area (TPSA) is 79.7 Å². The number of carbonyl (C=O) groups is 2. The minimum Gasteiger partial charge on any atom is -0.444 e. The number of nitrogens with zero attached hydrogens (tertiary/aromatic N) is 4. The van der Waals surface area contributed by atoms with Crippen molar-refractivity contribution in [3.05, 3.63) is 60.4 Å². The lowest BCUT2D eigenvalue weighted by molar-refractivity contribution is -0.117. The molecule has 8 heteroatoms. The van der Waals surface area contributed by atoms with Crippen LogP contribution in [0.4, 0.5) is 21.9 Å². The molecule has 5 rings (SSSR count). The molecule has 0 bridgehead atoms. The molecular formula is C31H39N5O3. The van der Waals surface area contributed by atoms with Crippen LogP contribution in [0.25, 0.3) is 11.1 Å². The van der Waals surface area contributed by atoms with E-state index in [1.807, 2.05) is 54.7 Å². The van der Waals surface area contributed by atoms with E-state index in [9.17, 15) is 9.59 Å². The average molecular weight is 530 g/mol. The first-order valence-electron chi connectivity index (χ1n) is 13.9. The Morgan fingerprint density at radius 3 is 2.41 bits per heavy atom. The maximum Gasteiger partial charge on any atom is 0.410 e. The third kappa shape index (κ3) is 5.79. The predicted octanol–water partition coefficient (Wildman–Crippen LogP) is 6.55. The zero-order valence-electron chi connectivity index (χ0n) is 23.6. The van der Waals surface area contributed by atoms with Gasteiger partial charge in [0, 0.05) is 60.3 Å². The van der Waals surface area contributed by atoms with Gasteiger partial charge in [-0.05, 0) is 71.6 Å². The van der Waals surface area contributed by atoms with Gasteiger partial charge in [0.05, 0.1) is 17.9 Å². The van der Waals surface area contributed by atoms with Gasteiger partial charge in [-0.25, -0.2) is 4.79 Å². The molecule has 1 N–H and O–H groups in total. The number of ether oxygens (including phenoxy) is 1. The van der Waals surface area contributed by atoms with Gasteiger partial charge in [-0.15, -0.1) is 0 Å². The van der Waals surface area contributed by atoms with E-state index < -0.39 is 5.60 Å². The van der Waals surface area contributed by atoms with E-state index in [-0.39, 0.29) is 24.1 Å². The molecule has 3 heterocycles. The number of hydrogen-bond donors (Lipinski definition) is 1. The first-order valence-corrected chi connectivity index (χ1v) is 13.9. The number of hydrogen-bond acceptors (Lipinski definition) is 5. The quantitative estimate of drug-likeness (QED) is 0.414. The van der Waals surface area contributed by atoms with Gasteiger partial charge in [0.2, 0.25) is 5.91 Å². The highest BCUT2D eigenvalue weighted by atomic mass is 16.6. The number of benzene rings is 2. The summed E-state index contributed by atoms with van der Waals surface area (Å²) in [5.74, 6) is 0.0624. The van der Waals surface area contributed by atoms with Crippen LogP contribution >= 0.6 is 0 Å². The second-order valence-corrected chi connectivity index (χ2v) is 11.7. The van der Waals surface area contributed by atoms with Crippen LogP contribution < -0.4 is 10.2 Å². The Morgan fingerprint density at radius 2 is 1.74 bits per heavy atom. The number of rotatable bonds is 4. The van der Waals surface area contributed by atoms with Crippen molar-refractivity contribution in [2.45, 2.75) is 78.0 Å². The molecule has 2 aliphatic heterocycles. The third-order valence-electron chi connectivity index (χ3n) is 7.59. The Labute approximate surface area is 230 Å². The van der Waals surface area contributed by atoms with Gasteiger partial charge in [-0.3, -0.25) is 9.48 Å². The molecule has 2 amide bonds. The van der Waals surface area contributed by atoms with Gasteiger partial charge in [-0.2, -0.15) is 5.10 Å². The number of fused-ring (bicyclic) bond motifs is 1. The zero-order chi connectivity index (χ0) is 27.7. The molecule has 1 aromatic heterocycles. The Morgan fingerprint density at radius 1 is 1.03 bits per heavy atom. The minimum atomic E-state index is -0.495. The smallest absolute Gasteiger partial charge is 0.410 e. The lowest BCUT2D eigenvalue weighted by Gasteiger charge is -2.36. The van der Waals surface area contributed by atoms with Crippen LogP contribution in [-0.4, -0.2) is 51.4 Å². The summed E-state index contributed by atoms with van der Waals surface area (Å²) in [6.07, 6.45) is 7.24. The third-order valence-corrected chi connectivity index (χ3v) is 7.59. The van der Waals surface area contributed by atoms with Crippen LogP contribution in [0.1, 0.15) is 65.5 Å². The lowest BCUT2D eigenvalue weighted by Crippen LogP contribution is -2.42. The Hall–Kier alpha value is -3.81. The molecule has 0 spiro atoms. The summed E-state index contributed by atoms with van der Waals surface area (Å²) in [6.45, 7) is 10.7. The van der Waals surface area contributed by atoms with Crippen molar-refractivity contribution >= 4 is 29.1 Å².